The van der Waals surface area contributed by atoms with Crippen molar-refractivity contribution in [1.29, 1.82) is 0 Å². The number of carbonyl (C=O) groups is 2. The van der Waals surface area contributed by atoms with E-state index in [1.54, 1.807) is 17.4 Å². The smallest absolute Gasteiger partial charge is 0.250 e. The molecule has 2 N–H and O–H groups in total. The number of benzene rings is 1. The first-order valence-corrected chi connectivity index (χ1v) is 9.27. The van der Waals surface area contributed by atoms with Crippen LogP contribution in [0.3, 0.4) is 0 Å². The van der Waals surface area contributed by atoms with Crippen molar-refractivity contribution in [1.82, 2.24) is 4.98 Å². The summed E-state index contributed by atoms with van der Waals surface area (Å²) in [4.78, 5) is 27.4. The molecule has 0 unspecified atom stereocenters. The lowest BCUT2D eigenvalue weighted by molar-refractivity contribution is -0.114. The van der Waals surface area contributed by atoms with E-state index >= 15 is 0 Å². The minimum atomic E-state index is -0.215. The van der Waals surface area contributed by atoms with Gasteiger partial charge in [0, 0.05) is 29.6 Å². The summed E-state index contributed by atoms with van der Waals surface area (Å²) in [5.74, 6) is -0.324. The molecule has 0 fully saturated rings. The van der Waals surface area contributed by atoms with Gasteiger partial charge in [-0.15, -0.1) is 11.3 Å². The fourth-order valence-electron chi connectivity index (χ4n) is 2.08. The maximum atomic E-state index is 11.9. The number of nitrogens with one attached hydrogen (secondary N) is 2. The summed E-state index contributed by atoms with van der Waals surface area (Å²) in [7, 11) is 0. The molecule has 25 heavy (non-hydrogen) atoms. The van der Waals surface area contributed by atoms with E-state index in [1.165, 1.54) is 24.3 Å². The molecule has 5 nitrogen and oxygen atoms in total. The van der Waals surface area contributed by atoms with Crippen LogP contribution in [0.4, 0.5) is 10.8 Å². The summed E-state index contributed by atoms with van der Waals surface area (Å²) >= 11 is 2.95. The van der Waals surface area contributed by atoms with Crippen molar-refractivity contribution in [2.45, 2.75) is 6.92 Å². The Morgan fingerprint density at radius 1 is 1.08 bits per heavy atom. The lowest BCUT2D eigenvalue weighted by Gasteiger charge is -2.02. The summed E-state index contributed by atoms with van der Waals surface area (Å²) in [5.41, 5.74) is 3.42. The molecule has 3 rings (SSSR count). The van der Waals surface area contributed by atoms with Gasteiger partial charge in [0.15, 0.2) is 5.13 Å². The Hall–Kier alpha value is -2.77. The van der Waals surface area contributed by atoms with Crippen molar-refractivity contribution >= 4 is 51.4 Å². The lowest BCUT2D eigenvalue weighted by atomic mass is 10.1. The lowest BCUT2D eigenvalue weighted by Crippen LogP contribution is -2.07. The number of rotatable bonds is 5. The minimum Gasteiger partial charge on any atom is -0.326 e. The van der Waals surface area contributed by atoms with Crippen molar-refractivity contribution in [3.8, 4) is 11.3 Å². The highest BCUT2D eigenvalue weighted by atomic mass is 32.1. The number of hydrogen-bond acceptors (Lipinski definition) is 5. The van der Waals surface area contributed by atoms with Gasteiger partial charge < -0.3 is 5.32 Å². The normalized spacial score (nSPS) is 10.8. The Balaban J connectivity index is 1.63. The van der Waals surface area contributed by atoms with E-state index in [0.717, 1.165) is 22.5 Å². The molecule has 2 amide bonds. The molecular weight excluding hydrogens is 354 g/mol. The zero-order valence-electron chi connectivity index (χ0n) is 13.4. The minimum absolute atomic E-state index is 0.109. The van der Waals surface area contributed by atoms with Gasteiger partial charge in [-0.05, 0) is 40.6 Å². The molecule has 0 aliphatic carbocycles. The Bertz CT molecular complexity index is 897. The molecule has 2 aromatic heterocycles. The van der Waals surface area contributed by atoms with Crippen molar-refractivity contribution in [3.05, 3.63) is 58.1 Å². The van der Waals surface area contributed by atoms with Gasteiger partial charge in [0.1, 0.15) is 0 Å². The van der Waals surface area contributed by atoms with Crippen molar-refractivity contribution in [3.63, 3.8) is 0 Å². The number of carbonyl (C=O) groups excluding carboxylic acids is 2. The number of aromatic nitrogens is 1. The SMILES string of the molecule is CC(=O)Nc1ccc(-c2csc(NC(=O)/C=C/c3ccsc3)n2)cc1. The number of hydrogen-bond donors (Lipinski definition) is 2. The molecule has 0 atom stereocenters. The molecule has 0 spiro atoms. The first-order valence-electron chi connectivity index (χ1n) is 7.45. The van der Waals surface area contributed by atoms with Crippen molar-refractivity contribution < 1.29 is 9.59 Å². The van der Waals surface area contributed by atoms with Crippen LogP contribution in [0.5, 0.6) is 0 Å². The molecule has 7 heteroatoms. The second-order valence-corrected chi connectivity index (χ2v) is 6.81. The first kappa shape index (κ1) is 17.1. The molecule has 0 radical (unpaired) electrons. The highest BCUT2D eigenvalue weighted by molar-refractivity contribution is 7.14. The molecule has 0 aliphatic rings. The zero-order chi connectivity index (χ0) is 17.6. The quantitative estimate of drug-likeness (QED) is 0.651. The predicted octanol–water partition coefficient (Wildman–Crippen LogP) is 4.48. The third kappa shape index (κ3) is 4.85. The van der Waals surface area contributed by atoms with Gasteiger partial charge in [-0.1, -0.05) is 12.1 Å². The average Bonchev–Trinajstić information content (AvgIpc) is 3.25. The van der Waals surface area contributed by atoms with Crippen LogP contribution in [-0.2, 0) is 9.59 Å². The van der Waals surface area contributed by atoms with Gasteiger partial charge in [0.2, 0.25) is 11.8 Å². The van der Waals surface area contributed by atoms with Gasteiger partial charge in [0.05, 0.1) is 5.69 Å². The highest BCUT2D eigenvalue weighted by Crippen LogP contribution is 2.26. The fourth-order valence-corrected chi connectivity index (χ4v) is 3.43. The van der Waals surface area contributed by atoms with Crippen LogP contribution in [0.15, 0.2) is 52.5 Å². The van der Waals surface area contributed by atoms with Crippen LogP contribution < -0.4 is 10.6 Å². The first-order chi connectivity index (χ1) is 12.1. The van der Waals surface area contributed by atoms with Gasteiger partial charge in [-0.3, -0.25) is 14.9 Å². The molecule has 0 bridgehead atoms. The number of nitrogens with zero attached hydrogens (tertiary/aromatic N) is 1. The van der Waals surface area contributed by atoms with Gasteiger partial charge in [-0.25, -0.2) is 4.98 Å². The van der Waals surface area contributed by atoms with Crippen molar-refractivity contribution in [2.75, 3.05) is 10.6 Å². The second-order valence-electron chi connectivity index (χ2n) is 5.18. The van der Waals surface area contributed by atoms with Crippen LogP contribution in [0.1, 0.15) is 12.5 Å². The molecule has 3 aromatic rings. The summed E-state index contributed by atoms with van der Waals surface area (Å²) in [6, 6.07) is 9.33. The third-order valence-electron chi connectivity index (χ3n) is 3.21. The van der Waals surface area contributed by atoms with E-state index in [-0.39, 0.29) is 11.8 Å². The zero-order valence-corrected chi connectivity index (χ0v) is 15.0. The molecule has 126 valence electrons. The van der Waals surface area contributed by atoms with E-state index in [2.05, 4.69) is 15.6 Å². The van der Waals surface area contributed by atoms with Crippen LogP contribution in [0, 0.1) is 0 Å². The van der Waals surface area contributed by atoms with Crippen LogP contribution >= 0.6 is 22.7 Å². The van der Waals surface area contributed by atoms with E-state index in [9.17, 15) is 9.59 Å². The van der Waals surface area contributed by atoms with E-state index in [4.69, 9.17) is 0 Å². The average molecular weight is 369 g/mol. The molecule has 0 saturated carbocycles. The molecule has 2 heterocycles. The Labute approximate surface area is 153 Å². The summed E-state index contributed by atoms with van der Waals surface area (Å²) < 4.78 is 0. The highest BCUT2D eigenvalue weighted by Gasteiger charge is 2.07. The van der Waals surface area contributed by atoms with Gasteiger partial charge >= 0.3 is 0 Å². The van der Waals surface area contributed by atoms with E-state index in [0.29, 0.717) is 5.13 Å². The van der Waals surface area contributed by atoms with Crippen LogP contribution in [0.25, 0.3) is 17.3 Å². The summed E-state index contributed by atoms with van der Waals surface area (Å²) in [6.07, 6.45) is 3.26. The van der Waals surface area contributed by atoms with Crippen LogP contribution in [-0.4, -0.2) is 16.8 Å². The topological polar surface area (TPSA) is 71.1 Å². The van der Waals surface area contributed by atoms with Gasteiger partial charge in [-0.2, -0.15) is 11.3 Å². The Kier molecular flexibility index (Phi) is 5.37. The van der Waals surface area contributed by atoms with Gasteiger partial charge in [0.25, 0.3) is 0 Å². The molecule has 1 aromatic carbocycles. The summed E-state index contributed by atoms with van der Waals surface area (Å²) in [6.45, 7) is 1.47. The van der Waals surface area contributed by atoms with Crippen molar-refractivity contribution in [2.24, 2.45) is 0 Å². The number of thiophene rings is 1. The monoisotopic (exact) mass is 369 g/mol. The van der Waals surface area contributed by atoms with E-state index < -0.39 is 0 Å². The largest absolute Gasteiger partial charge is 0.326 e. The second kappa shape index (κ2) is 7.87. The predicted molar refractivity (Wildman–Crippen MR) is 104 cm³/mol. The maximum Gasteiger partial charge on any atom is 0.250 e. The third-order valence-corrected chi connectivity index (χ3v) is 4.66. The Morgan fingerprint density at radius 2 is 1.88 bits per heavy atom. The fraction of sp³-hybridized carbons (Fsp3) is 0.0556. The summed E-state index contributed by atoms with van der Waals surface area (Å²) in [5, 5.41) is 11.8. The number of thiazole rings is 1. The molecule has 0 aliphatic heterocycles. The molecule has 0 saturated heterocycles. The maximum absolute atomic E-state index is 11.9. The molecular formula is C18H15N3O2S2. The Morgan fingerprint density at radius 3 is 2.56 bits per heavy atom. The standard InChI is InChI=1S/C18H15N3O2S2/c1-12(22)19-15-5-3-14(4-6-15)16-11-25-18(20-16)21-17(23)7-2-13-8-9-24-10-13/h2-11H,1H3,(H,19,22)(H,20,21,23)/b7-2+. The number of anilines is 2. The van der Waals surface area contributed by atoms with E-state index in [1.807, 2.05) is 46.5 Å². The number of amides is 2. The van der Waals surface area contributed by atoms with Crippen LogP contribution in [0.2, 0.25) is 0 Å².